The van der Waals surface area contributed by atoms with Gasteiger partial charge in [-0.1, -0.05) is 6.58 Å². The van der Waals surface area contributed by atoms with Gasteiger partial charge < -0.3 is 28.2 Å². The molecule has 14 heteroatoms. The molecule has 0 saturated carbocycles. The van der Waals surface area contributed by atoms with Gasteiger partial charge in [-0.15, -0.1) is 0 Å². The lowest BCUT2D eigenvalue weighted by molar-refractivity contribution is -0.161. The number of carbonyl (C=O) groups is 3. The molecule has 3 fully saturated rings. The fourth-order valence-electron chi connectivity index (χ4n) is 3.37. The first-order chi connectivity index (χ1) is 13.3. The second kappa shape index (κ2) is 7.27. The molecule has 3 saturated heterocycles. The zero-order valence-corrected chi connectivity index (χ0v) is 15.6. The van der Waals surface area contributed by atoms with Crippen molar-refractivity contribution in [2.45, 2.75) is 42.7 Å². The van der Waals surface area contributed by atoms with Gasteiger partial charge in [-0.25, -0.2) is 13.2 Å². The summed E-state index contributed by atoms with van der Waals surface area (Å²) in [6.45, 7) is 1.77. The lowest BCUT2D eigenvalue weighted by Crippen LogP contribution is -2.49. The van der Waals surface area contributed by atoms with Gasteiger partial charge in [-0.05, 0) is 0 Å². The Labute approximate surface area is 162 Å². The first-order valence-corrected chi connectivity index (χ1v) is 9.57. The summed E-state index contributed by atoms with van der Waals surface area (Å²) in [5.74, 6) is -3.32. The summed E-state index contributed by atoms with van der Waals surface area (Å²) in [6.07, 6.45) is -4.85. The van der Waals surface area contributed by atoms with Crippen LogP contribution in [0.5, 0.6) is 0 Å². The van der Waals surface area contributed by atoms with Crippen molar-refractivity contribution in [1.29, 1.82) is 0 Å². The second-order valence-electron chi connectivity index (χ2n) is 6.62. The highest BCUT2D eigenvalue weighted by Gasteiger charge is 2.71. The van der Waals surface area contributed by atoms with Crippen LogP contribution in [0.15, 0.2) is 12.2 Å². The Morgan fingerprint density at radius 1 is 1.21 bits per heavy atom. The molecule has 2 bridgehead atoms. The SMILES string of the molecule is C=C(COCC(F)(F)S(=O)(=O)[O-])C(=O)OC1C2OC3C1OC(=O)C3C2OC(C)=O. The molecule has 11 nitrogen and oxygen atoms in total. The Morgan fingerprint density at radius 2 is 1.86 bits per heavy atom. The number of halogens is 2. The predicted molar refractivity (Wildman–Crippen MR) is 82.1 cm³/mol. The average Bonchev–Trinajstić information content (AvgIpc) is 3.17. The van der Waals surface area contributed by atoms with Crippen molar-refractivity contribution in [3.05, 3.63) is 12.2 Å². The van der Waals surface area contributed by atoms with Gasteiger partial charge in [0.1, 0.15) is 30.8 Å². The Balaban J connectivity index is 1.59. The maximum Gasteiger partial charge on any atom is 0.357 e. The molecule has 6 atom stereocenters. The van der Waals surface area contributed by atoms with E-state index < -0.39 is 88.5 Å². The summed E-state index contributed by atoms with van der Waals surface area (Å²) in [4.78, 5) is 35.4. The van der Waals surface area contributed by atoms with E-state index in [1.165, 1.54) is 0 Å². The summed E-state index contributed by atoms with van der Waals surface area (Å²) in [6, 6.07) is 0. The molecule has 0 aromatic carbocycles. The van der Waals surface area contributed by atoms with E-state index in [1.54, 1.807) is 0 Å². The third-order valence-corrected chi connectivity index (χ3v) is 5.44. The Bertz CT molecular complexity index is 854. The van der Waals surface area contributed by atoms with E-state index in [-0.39, 0.29) is 0 Å². The number of alkyl halides is 2. The normalized spacial score (nSPS) is 32.8. The van der Waals surface area contributed by atoms with Crippen LogP contribution in [0.3, 0.4) is 0 Å². The zero-order chi connectivity index (χ0) is 21.7. The van der Waals surface area contributed by atoms with Crippen LogP contribution in [0.25, 0.3) is 0 Å². The van der Waals surface area contributed by atoms with Crippen LogP contribution in [0.4, 0.5) is 8.78 Å². The van der Waals surface area contributed by atoms with Crippen molar-refractivity contribution in [2.75, 3.05) is 13.2 Å². The molecule has 0 amide bonds. The van der Waals surface area contributed by atoms with Gasteiger partial charge in [-0.2, -0.15) is 8.78 Å². The van der Waals surface area contributed by atoms with E-state index in [4.69, 9.17) is 18.9 Å². The van der Waals surface area contributed by atoms with Crippen molar-refractivity contribution in [3.8, 4) is 0 Å². The van der Waals surface area contributed by atoms with Gasteiger partial charge in [0.2, 0.25) is 0 Å². The lowest BCUT2D eigenvalue weighted by atomic mass is 9.85. The molecule has 0 aromatic rings. The third kappa shape index (κ3) is 3.84. The molecule has 162 valence electrons. The molecular formula is C15H15F2O11S-. The van der Waals surface area contributed by atoms with Gasteiger partial charge in [0, 0.05) is 6.92 Å². The van der Waals surface area contributed by atoms with E-state index in [2.05, 4.69) is 11.3 Å². The van der Waals surface area contributed by atoms with Gasteiger partial charge in [0.25, 0.3) is 0 Å². The Morgan fingerprint density at radius 3 is 2.45 bits per heavy atom. The molecule has 0 aliphatic carbocycles. The first-order valence-electron chi connectivity index (χ1n) is 8.16. The summed E-state index contributed by atoms with van der Waals surface area (Å²) in [5, 5.41) is -4.68. The number of carbonyl (C=O) groups excluding carboxylic acids is 3. The number of ether oxygens (including phenoxy) is 5. The predicted octanol–water partition coefficient (Wildman–Crippen LogP) is -1.14. The average molecular weight is 441 g/mol. The molecular weight excluding hydrogens is 426 g/mol. The molecule has 3 aliphatic heterocycles. The van der Waals surface area contributed by atoms with Gasteiger partial charge >= 0.3 is 23.2 Å². The van der Waals surface area contributed by atoms with E-state index in [1.807, 2.05) is 0 Å². The van der Waals surface area contributed by atoms with Gasteiger partial charge in [0.15, 0.2) is 22.3 Å². The molecule has 0 spiro atoms. The van der Waals surface area contributed by atoms with E-state index in [0.717, 1.165) is 6.92 Å². The van der Waals surface area contributed by atoms with Crippen molar-refractivity contribution >= 4 is 28.0 Å². The molecule has 0 radical (unpaired) electrons. The van der Waals surface area contributed by atoms with Crippen molar-refractivity contribution in [2.24, 2.45) is 5.92 Å². The highest BCUT2D eigenvalue weighted by Crippen LogP contribution is 2.49. The first kappa shape index (κ1) is 21.5. The highest BCUT2D eigenvalue weighted by molar-refractivity contribution is 7.86. The lowest BCUT2D eigenvalue weighted by Gasteiger charge is -2.28. The molecule has 0 aromatic heterocycles. The largest absolute Gasteiger partial charge is 0.743 e. The topological polar surface area (TPSA) is 155 Å². The quantitative estimate of drug-likeness (QED) is 0.194. The molecule has 6 unspecified atom stereocenters. The standard InChI is InChI=1S/C15H16F2O11S/c1-5(3-24-4-15(16,17)29(21,22)23)13(19)27-12-10-8(25-6(2)18)7-9(26-10)11(12)28-14(7)20/h7-12H,1,3-4H2,2H3,(H,21,22,23)/p-1. The maximum atomic E-state index is 13.0. The fraction of sp³-hybridized carbons (Fsp3) is 0.667. The molecule has 3 aliphatic rings. The van der Waals surface area contributed by atoms with E-state index >= 15 is 0 Å². The maximum absolute atomic E-state index is 13.0. The van der Waals surface area contributed by atoms with Crippen molar-refractivity contribution in [3.63, 3.8) is 0 Å². The van der Waals surface area contributed by atoms with Crippen LogP contribution in [0.1, 0.15) is 6.92 Å². The minimum absolute atomic E-state index is 0.475. The second-order valence-corrected chi connectivity index (χ2v) is 8.13. The van der Waals surface area contributed by atoms with Crippen LogP contribution in [0.2, 0.25) is 0 Å². The molecule has 3 rings (SSSR count). The third-order valence-electron chi connectivity index (χ3n) is 4.59. The van der Waals surface area contributed by atoms with Crippen LogP contribution in [-0.2, 0) is 48.2 Å². The van der Waals surface area contributed by atoms with Crippen LogP contribution < -0.4 is 0 Å². The minimum atomic E-state index is -5.93. The van der Waals surface area contributed by atoms with E-state index in [9.17, 15) is 36.1 Å². The summed E-state index contributed by atoms with van der Waals surface area (Å²) in [5.41, 5.74) is -0.475. The monoisotopic (exact) mass is 441 g/mol. The van der Waals surface area contributed by atoms with Crippen LogP contribution in [0, 0.1) is 5.92 Å². The Hall–Kier alpha value is -2.16. The van der Waals surface area contributed by atoms with Gasteiger partial charge in [-0.3, -0.25) is 9.59 Å². The number of esters is 3. The van der Waals surface area contributed by atoms with Crippen molar-refractivity contribution in [1.82, 2.24) is 0 Å². The van der Waals surface area contributed by atoms with Crippen molar-refractivity contribution < 1.29 is 59.8 Å². The number of fused-ring (bicyclic) bond motifs is 1. The van der Waals surface area contributed by atoms with Crippen LogP contribution in [-0.4, -0.2) is 79.9 Å². The number of rotatable bonds is 8. The molecule has 29 heavy (non-hydrogen) atoms. The summed E-state index contributed by atoms with van der Waals surface area (Å²) in [7, 11) is -5.93. The highest BCUT2D eigenvalue weighted by atomic mass is 32.2. The summed E-state index contributed by atoms with van der Waals surface area (Å²) < 4.78 is 82.5. The zero-order valence-electron chi connectivity index (χ0n) is 14.7. The van der Waals surface area contributed by atoms with E-state index in [0.29, 0.717) is 0 Å². The molecule has 3 heterocycles. The molecule has 0 N–H and O–H groups in total. The minimum Gasteiger partial charge on any atom is -0.743 e. The Kier molecular flexibility index (Phi) is 5.40. The van der Waals surface area contributed by atoms with Crippen LogP contribution >= 0.6 is 0 Å². The summed E-state index contributed by atoms with van der Waals surface area (Å²) >= 11 is 0. The van der Waals surface area contributed by atoms with Gasteiger partial charge in [0.05, 0.1) is 12.2 Å². The number of hydrogen-bond acceptors (Lipinski definition) is 11. The smallest absolute Gasteiger partial charge is 0.357 e. The number of hydrogen-bond donors (Lipinski definition) is 0. The fourth-order valence-corrected chi connectivity index (χ4v) is 3.59.